The molecule has 3 aromatic rings. The van der Waals surface area contributed by atoms with Crippen LogP contribution in [0.1, 0.15) is 11.1 Å². The van der Waals surface area contributed by atoms with Gasteiger partial charge in [0, 0.05) is 35.6 Å². The number of nitrogens with zero attached hydrogens (tertiary/aromatic N) is 2. The van der Waals surface area contributed by atoms with E-state index in [9.17, 15) is 0 Å². The van der Waals surface area contributed by atoms with Gasteiger partial charge in [-0.05, 0) is 54.1 Å². The first-order valence-corrected chi connectivity index (χ1v) is 10.6. The fourth-order valence-electron chi connectivity index (χ4n) is 3.37. The van der Waals surface area contributed by atoms with Crippen molar-refractivity contribution in [3.8, 4) is 11.5 Å². The smallest absolute Gasteiger partial charge is 0.161 e. The normalized spacial score (nSPS) is 14.1. The molecule has 0 unspecified atom stereocenters. The van der Waals surface area contributed by atoms with E-state index in [1.807, 2.05) is 60.8 Å². The molecule has 3 aromatic carbocycles. The van der Waals surface area contributed by atoms with E-state index in [-0.39, 0.29) is 0 Å². The Morgan fingerprint density at radius 1 is 1.00 bits per heavy atom. The summed E-state index contributed by atoms with van der Waals surface area (Å²) >= 11 is 6.21. The molecule has 5 nitrogen and oxygen atoms in total. The zero-order chi connectivity index (χ0) is 21.5. The van der Waals surface area contributed by atoms with Crippen molar-refractivity contribution in [2.45, 2.75) is 6.61 Å². The van der Waals surface area contributed by atoms with Crippen LogP contribution in [0.4, 0.5) is 11.4 Å². The molecule has 0 N–H and O–H groups in total. The first kappa shape index (κ1) is 21.2. The molecule has 0 aliphatic carbocycles. The van der Waals surface area contributed by atoms with Crippen LogP contribution in [0, 0.1) is 0 Å². The van der Waals surface area contributed by atoms with Gasteiger partial charge in [0.05, 0.1) is 26.0 Å². The first-order chi connectivity index (χ1) is 15.2. The van der Waals surface area contributed by atoms with Gasteiger partial charge in [-0.2, -0.15) is 0 Å². The van der Waals surface area contributed by atoms with Crippen molar-refractivity contribution in [3.63, 3.8) is 0 Å². The van der Waals surface area contributed by atoms with Gasteiger partial charge >= 0.3 is 0 Å². The van der Waals surface area contributed by atoms with E-state index >= 15 is 0 Å². The van der Waals surface area contributed by atoms with Crippen LogP contribution in [0.25, 0.3) is 0 Å². The molecule has 1 fully saturated rings. The Morgan fingerprint density at radius 3 is 2.52 bits per heavy atom. The van der Waals surface area contributed by atoms with Crippen molar-refractivity contribution >= 4 is 29.2 Å². The molecule has 0 atom stereocenters. The first-order valence-electron chi connectivity index (χ1n) is 10.2. The summed E-state index contributed by atoms with van der Waals surface area (Å²) in [7, 11) is 1.63. The maximum Gasteiger partial charge on any atom is 0.161 e. The molecule has 0 saturated carbocycles. The molecule has 1 aliphatic rings. The van der Waals surface area contributed by atoms with Crippen molar-refractivity contribution in [1.29, 1.82) is 0 Å². The van der Waals surface area contributed by atoms with Crippen molar-refractivity contribution < 1.29 is 14.2 Å². The molecule has 0 radical (unpaired) electrons. The number of methoxy groups -OCH3 is 1. The Labute approximate surface area is 187 Å². The van der Waals surface area contributed by atoms with E-state index in [4.69, 9.17) is 25.8 Å². The molecule has 0 bridgehead atoms. The second-order valence-electron chi connectivity index (χ2n) is 7.16. The average Bonchev–Trinajstić information content (AvgIpc) is 2.83. The van der Waals surface area contributed by atoms with E-state index in [2.05, 4.69) is 22.0 Å². The minimum Gasteiger partial charge on any atom is -0.493 e. The van der Waals surface area contributed by atoms with Crippen molar-refractivity contribution in [3.05, 3.63) is 82.9 Å². The van der Waals surface area contributed by atoms with Gasteiger partial charge in [0.2, 0.25) is 0 Å². The number of aliphatic imine (C=N–C) groups is 1. The van der Waals surface area contributed by atoms with Gasteiger partial charge in [-0.15, -0.1) is 0 Å². The van der Waals surface area contributed by atoms with Crippen LogP contribution in [0.15, 0.2) is 71.7 Å². The Bertz CT molecular complexity index is 1030. The second kappa shape index (κ2) is 10.3. The summed E-state index contributed by atoms with van der Waals surface area (Å²) in [6.45, 7) is 3.78. The number of benzene rings is 3. The SMILES string of the molecule is COc1cc(C=Nc2ccc(N3CCOCC3)cc2)ccc1OCc1ccccc1Cl. The fraction of sp³-hybridized carbons (Fsp3) is 0.240. The number of ether oxygens (including phenoxy) is 3. The minimum atomic E-state index is 0.374. The topological polar surface area (TPSA) is 43.3 Å². The van der Waals surface area contributed by atoms with E-state index in [0.29, 0.717) is 23.1 Å². The molecule has 1 aliphatic heterocycles. The third-order valence-corrected chi connectivity index (χ3v) is 5.49. The van der Waals surface area contributed by atoms with Crippen LogP contribution in [0.3, 0.4) is 0 Å². The third-order valence-electron chi connectivity index (χ3n) is 5.12. The number of morpholine rings is 1. The summed E-state index contributed by atoms with van der Waals surface area (Å²) in [5.41, 5.74) is 3.95. The lowest BCUT2D eigenvalue weighted by molar-refractivity contribution is 0.122. The Balaban J connectivity index is 1.41. The lowest BCUT2D eigenvalue weighted by Gasteiger charge is -2.28. The Morgan fingerprint density at radius 2 is 1.77 bits per heavy atom. The minimum absolute atomic E-state index is 0.374. The number of hydrogen-bond donors (Lipinski definition) is 0. The highest BCUT2D eigenvalue weighted by Gasteiger charge is 2.11. The van der Waals surface area contributed by atoms with Gasteiger partial charge in [0.25, 0.3) is 0 Å². The van der Waals surface area contributed by atoms with Gasteiger partial charge in [-0.25, -0.2) is 0 Å². The summed E-state index contributed by atoms with van der Waals surface area (Å²) < 4.78 is 16.8. The van der Waals surface area contributed by atoms with Crippen LogP contribution in [0.5, 0.6) is 11.5 Å². The molecule has 6 heteroatoms. The predicted molar refractivity (Wildman–Crippen MR) is 126 cm³/mol. The number of anilines is 1. The molecule has 0 amide bonds. The molecule has 1 heterocycles. The molecular formula is C25H25ClN2O3. The van der Waals surface area contributed by atoms with Crippen molar-refractivity contribution in [1.82, 2.24) is 0 Å². The Kier molecular flexibility index (Phi) is 7.07. The summed E-state index contributed by atoms with van der Waals surface area (Å²) in [6.07, 6.45) is 1.82. The standard InChI is InChI=1S/C25H25ClN2O3/c1-29-25-16-19(6-11-24(25)31-18-20-4-2-3-5-23(20)26)17-27-21-7-9-22(10-8-21)28-12-14-30-15-13-28/h2-11,16-17H,12-15,18H2,1H3. The maximum atomic E-state index is 6.21. The number of rotatable bonds is 7. The zero-order valence-corrected chi connectivity index (χ0v) is 18.2. The predicted octanol–water partition coefficient (Wildman–Crippen LogP) is 5.51. The van der Waals surface area contributed by atoms with E-state index in [0.717, 1.165) is 43.1 Å². The lowest BCUT2D eigenvalue weighted by atomic mass is 10.2. The van der Waals surface area contributed by atoms with Crippen LogP contribution >= 0.6 is 11.6 Å². The highest BCUT2D eigenvalue weighted by Crippen LogP contribution is 2.29. The van der Waals surface area contributed by atoms with Gasteiger partial charge < -0.3 is 19.1 Å². The highest BCUT2D eigenvalue weighted by molar-refractivity contribution is 6.31. The monoisotopic (exact) mass is 436 g/mol. The average molecular weight is 437 g/mol. The largest absolute Gasteiger partial charge is 0.493 e. The molecule has 31 heavy (non-hydrogen) atoms. The Hall–Kier alpha value is -3.02. The molecule has 160 valence electrons. The van der Waals surface area contributed by atoms with Crippen LogP contribution in [-0.4, -0.2) is 39.6 Å². The summed E-state index contributed by atoms with van der Waals surface area (Å²) in [5.74, 6) is 1.31. The van der Waals surface area contributed by atoms with Crippen molar-refractivity contribution in [2.75, 3.05) is 38.3 Å². The molecule has 0 aromatic heterocycles. The molecule has 0 spiro atoms. The van der Waals surface area contributed by atoms with Gasteiger partial charge in [-0.1, -0.05) is 29.8 Å². The zero-order valence-electron chi connectivity index (χ0n) is 17.5. The molecular weight excluding hydrogens is 412 g/mol. The number of halogens is 1. The van der Waals surface area contributed by atoms with Crippen LogP contribution in [0.2, 0.25) is 5.02 Å². The van der Waals surface area contributed by atoms with E-state index in [1.165, 1.54) is 5.69 Å². The van der Waals surface area contributed by atoms with Crippen molar-refractivity contribution in [2.24, 2.45) is 4.99 Å². The highest BCUT2D eigenvalue weighted by atomic mass is 35.5. The maximum absolute atomic E-state index is 6.21. The lowest BCUT2D eigenvalue weighted by Crippen LogP contribution is -2.36. The van der Waals surface area contributed by atoms with Gasteiger partial charge in [0.15, 0.2) is 11.5 Å². The van der Waals surface area contributed by atoms with E-state index < -0.39 is 0 Å². The van der Waals surface area contributed by atoms with Gasteiger partial charge in [-0.3, -0.25) is 4.99 Å². The van der Waals surface area contributed by atoms with E-state index in [1.54, 1.807) is 7.11 Å². The fourth-order valence-corrected chi connectivity index (χ4v) is 3.57. The summed E-state index contributed by atoms with van der Waals surface area (Å²) in [5, 5.41) is 0.685. The third kappa shape index (κ3) is 5.57. The number of hydrogen-bond acceptors (Lipinski definition) is 5. The summed E-state index contributed by atoms with van der Waals surface area (Å²) in [4.78, 5) is 6.91. The quantitative estimate of drug-likeness (QED) is 0.458. The summed E-state index contributed by atoms with van der Waals surface area (Å²) in [6, 6.07) is 21.6. The second-order valence-corrected chi connectivity index (χ2v) is 7.57. The molecule has 1 saturated heterocycles. The molecule has 4 rings (SSSR count). The van der Waals surface area contributed by atoms with Gasteiger partial charge in [0.1, 0.15) is 6.61 Å². The van der Waals surface area contributed by atoms with Crippen LogP contribution < -0.4 is 14.4 Å². The van der Waals surface area contributed by atoms with Crippen LogP contribution in [-0.2, 0) is 11.3 Å².